The van der Waals surface area contributed by atoms with Gasteiger partial charge in [-0.3, -0.25) is 4.79 Å². The number of methoxy groups -OCH3 is 1. The van der Waals surface area contributed by atoms with Gasteiger partial charge in [-0.2, -0.15) is 8.78 Å². The molecule has 1 rings (SSSR count). The third-order valence-electron chi connectivity index (χ3n) is 3.20. The van der Waals surface area contributed by atoms with Crippen LogP contribution in [0.15, 0.2) is 24.3 Å². The van der Waals surface area contributed by atoms with E-state index in [1.165, 1.54) is 25.3 Å². The Morgan fingerprint density at radius 3 is 2.45 bits per heavy atom. The average Bonchev–Trinajstić information content (AvgIpc) is 2.45. The number of alkyl halides is 2. The van der Waals surface area contributed by atoms with Gasteiger partial charge in [0.1, 0.15) is 0 Å². The number of hydrogen-bond donors (Lipinski definition) is 1. The third-order valence-corrected chi connectivity index (χ3v) is 3.20. The van der Waals surface area contributed by atoms with Gasteiger partial charge in [0.25, 0.3) is 0 Å². The quantitative estimate of drug-likeness (QED) is 0.784. The van der Waals surface area contributed by atoms with Crippen molar-refractivity contribution < 1.29 is 23.0 Å². The lowest BCUT2D eigenvalue weighted by Crippen LogP contribution is -2.34. The van der Waals surface area contributed by atoms with Gasteiger partial charge in [0, 0.05) is 12.1 Å². The summed E-state index contributed by atoms with van der Waals surface area (Å²) in [6, 6.07) is 4.52. The van der Waals surface area contributed by atoms with Gasteiger partial charge in [0.2, 0.25) is 5.91 Å². The Balaban J connectivity index is 2.77. The fourth-order valence-electron chi connectivity index (χ4n) is 1.59. The molecule has 1 atom stereocenters. The highest BCUT2D eigenvalue weighted by Crippen LogP contribution is 2.29. The molecule has 0 radical (unpaired) electrons. The fraction of sp³-hybridized carbons (Fsp3) is 0.438. The highest BCUT2D eigenvalue weighted by Gasteiger charge is 2.11. The van der Waals surface area contributed by atoms with Gasteiger partial charge in [0.15, 0.2) is 11.5 Å². The summed E-state index contributed by atoms with van der Waals surface area (Å²) in [5.41, 5.74) is 0.644. The number of halogens is 2. The van der Waals surface area contributed by atoms with Gasteiger partial charge in [-0.1, -0.05) is 19.9 Å². The SMILES string of the molecule is COc1cc(/C=C/C(=O)NC(C)C(C)C)ccc1OC(F)F. The Hall–Kier alpha value is -2.11. The summed E-state index contributed by atoms with van der Waals surface area (Å²) in [6.07, 6.45) is 2.97. The normalized spacial score (nSPS) is 12.7. The first-order chi connectivity index (χ1) is 10.3. The number of ether oxygens (including phenoxy) is 2. The number of carbonyl (C=O) groups is 1. The summed E-state index contributed by atoms with van der Waals surface area (Å²) >= 11 is 0. The van der Waals surface area contributed by atoms with Crippen LogP contribution in [0.1, 0.15) is 26.3 Å². The molecule has 0 bridgehead atoms. The second-order valence-electron chi connectivity index (χ2n) is 5.16. The second-order valence-corrected chi connectivity index (χ2v) is 5.16. The molecule has 1 aromatic carbocycles. The number of rotatable bonds is 7. The number of amides is 1. The molecule has 4 nitrogen and oxygen atoms in total. The minimum atomic E-state index is -2.92. The second kappa shape index (κ2) is 8.36. The molecule has 6 heteroatoms. The fourth-order valence-corrected chi connectivity index (χ4v) is 1.59. The van der Waals surface area contributed by atoms with Crippen LogP contribution >= 0.6 is 0 Å². The first-order valence-electron chi connectivity index (χ1n) is 6.95. The van der Waals surface area contributed by atoms with Crippen LogP contribution in [0.25, 0.3) is 6.08 Å². The molecule has 0 aliphatic rings. The van der Waals surface area contributed by atoms with Crippen molar-refractivity contribution in [1.29, 1.82) is 0 Å². The van der Waals surface area contributed by atoms with Crippen molar-refractivity contribution in [3.8, 4) is 11.5 Å². The molecule has 0 spiro atoms. The lowest BCUT2D eigenvalue weighted by molar-refractivity contribution is -0.117. The average molecular weight is 313 g/mol. The van der Waals surface area contributed by atoms with Crippen molar-refractivity contribution >= 4 is 12.0 Å². The van der Waals surface area contributed by atoms with E-state index in [1.807, 2.05) is 20.8 Å². The smallest absolute Gasteiger partial charge is 0.387 e. The molecule has 1 unspecified atom stereocenters. The van der Waals surface area contributed by atoms with Crippen LogP contribution in [0.3, 0.4) is 0 Å². The Labute approximate surface area is 129 Å². The predicted octanol–water partition coefficient (Wildman–Crippen LogP) is 3.47. The zero-order valence-electron chi connectivity index (χ0n) is 13.1. The summed E-state index contributed by atoms with van der Waals surface area (Å²) in [7, 11) is 1.36. The summed E-state index contributed by atoms with van der Waals surface area (Å²) in [4.78, 5) is 11.7. The van der Waals surface area contributed by atoms with Gasteiger partial charge in [-0.25, -0.2) is 0 Å². The maximum absolute atomic E-state index is 12.2. The summed E-state index contributed by atoms with van der Waals surface area (Å²) in [5.74, 6) is 0.252. The Morgan fingerprint density at radius 2 is 1.91 bits per heavy atom. The van der Waals surface area contributed by atoms with Gasteiger partial charge in [-0.15, -0.1) is 0 Å². The molecule has 0 saturated heterocycles. The molecule has 0 fully saturated rings. The van der Waals surface area contributed by atoms with Crippen molar-refractivity contribution in [1.82, 2.24) is 5.32 Å². The van der Waals surface area contributed by atoms with Gasteiger partial charge >= 0.3 is 6.61 Å². The molecule has 0 aromatic heterocycles. The summed E-state index contributed by atoms with van der Waals surface area (Å²) < 4.78 is 33.8. The lowest BCUT2D eigenvalue weighted by atomic mass is 10.1. The van der Waals surface area contributed by atoms with Crippen LogP contribution in [0, 0.1) is 5.92 Å². The van der Waals surface area contributed by atoms with E-state index in [9.17, 15) is 13.6 Å². The minimum Gasteiger partial charge on any atom is -0.493 e. The zero-order chi connectivity index (χ0) is 16.7. The Bertz CT molecular complexity index is 530. The van der Waals surface area contributed by atoms with E-state index in [0.29, 0.717) is 11.5 Å². The van der Waals surface area contributed by atoms with Crippen LogP contribution < -0.4 is 14.8 Å². The molecule has 0 heterocycles. The van der Waals surface area contributed by atoms with E-state index < -0.39 is 6.61 Å². The van der Waals surface area contributed by atoms with Gasteiger partial charge < -0.3 is 14.8 Å². The molecule has 0 aliphatic carbocycles. The number of carbonyl (C=O) groups excluding carboxylic acids is 1. The highest BCUT2D eigenvalue weighted by molar-refractivity contribution is 5.92. The highest BCUT2D eigenvalue weighted by atomic mass is 19.3. The van der Waals surface area contributed by atoms with E-state index in [1.54, 1.807) is 12.1 Å². The van der Waals surface area contributed by atoms with E-state index in [0.717, 1.165) is 0 Å². The van der Waals surface area contributed by atoms with Crippen molar-refractivity contribution in [3.05, 3.63) is 29.8 Å². The van der Waals surface area contributed by atoms with Crippen molar-refractivity contribution in [2.75, 3.05) is 7.11 Å². The zero-order valence-corrected chi connectivity index (χ0v) is 13.1. The van der Waals surface area contributed by atoms with E-state index in [-0.39, 0.29) is 23.4 Å². The standard InChI is InChI=1S/C16H21F2NO3/c1-10(2)11(3)19-15(20)8-6-12-5-7-13(22-16(17)18)14(9-12)21-4/h5-11,16H,1-4H3,(H,19,20)/b8-6+. The first-order valence-corrected chi connectivity index (χ1v) is 6.95. The monoisotopic (exact) mass is 313 g/mol. The summed E-state index contributed by atoms with van der Waals surface area (Å²) in [5, 5.41) is 2.83. The van der Waals surface area contributed by atoms with Crippen molar-refractivity contribution in [3.63, 3.8) is 0 Å². The van der Waals surface area contributed by atoms with Gasteiger partial charge in [-0.05, 0) is 36.6 Å². The van der Waals surface area contributed by atoms with Gasteiger partial charge in [0.05, 0.1) is 7.11 Å². The van der Waals surface area contributed by atoms with Crippen LogP contribution in [-0.2, 0) is 4.79 Å². The van der Waals surface area contributed by atoms with Crippen LogP contribution in [0.4, 0.5) is 8.78 Å². The van der Waals surface area contributed by atoms with E-state index in [2.05, 4.69) is 10.1 Å². The largest absolute Gasteiger partial charge is 0.493 e. The maximum atomic E-state index is 12.2. The molecule has 1 amide bonds. The number of benzene rings is 1. The van der Waals surface area contributed by atoms with Crippen LogP contribution in [0.2, 0.25) is 0 Å². The van der Waals surface area contributed by atoms with E-state index >= 15 is 0 Å². The molecule has 122 valence electrons. The molecular formula is C16H21F2NO3. The van der Waals surface area contributed by atoms with Crippen molar-refractivity contribution in [2.45, 2.75) is 33.4 Å². The minimum absolute atomic E-state index is 0.0486. The molecule has 22 heavy (non-hydrogen) atoms. The molecular weight excluding hydrogens is 292 g/mol. The number of nitrogens with one attached hydrogen (secondary N) is 1. The third kappa shape index (κ3) is 5.71. The predicted molar refractivity (Wildman–Crippen MR) is 81.1 cm³/mol. The Morgan fingerprint density at radius 1 is 1.23 bits per heavy atom. The first kappa shape index (κ1) is 17.9. The van der Waals surface area contributed by atoms with Crippen molar-refractivity contribution in [2.24, 2.45) is 5.92 Å². The van der Waals surface area contributed by atoms with Crippen LogP contribution in [0.5, 0.6) is 11.5 Å². The molecule has 1 N–H and O–H groups in total. The summed E-state index contributed by atoms with van der Waals surface area (Å²) in [6.45, 7) is 3.04. The van der Waals surface area contributed by atoms with Crippen LogP contribution in [-0.4, -0.2) is 25.7 Å². The molecule has 0 aliphatic heterocycles. The topological polar surface area (TPSA) is 47.6 Å². The van der Waals surface area contributed by atoms with E-state index in [4.69, 9.17) is 4.74 Å². The lowest BCUT2D eigenvalue weighted by Gasteiger charge is -2.15. The number of hydrogen-bond acceptors (Lipinski definition) is 3. The maximum Gasteiger partial charge on any atom is 0.387 e. The molecule has 1 aromatic rings. The molecule has 0 saturated carbocycles. The Kier molecular flexibility index (Phi) is 6.82.